The smallest absolute Gasteiger partial charge is 0.232 e. The fourth-order valence-corrected chi connectivity index (χ4v) is 3.41. The van der Waals surface area contributed by atoms with Gasteiger partial charge in [-0.1, -0.05) is 12.1 Å². The summed E-state index contributed by atoms with van der Waals surface area (Å²) in [6, 6.07) is 3.20. The first-order valence-corrected chi connectivity index (χ1v) is 8.69. The van der Waals surface area contributed by atoms with Crippen LogP contribution in [0.3, 0.4) is 0 Å². The number of ether oxygens (including phenoxy) is 1. The second kappa shape index (κ2) is 7.64. The minimum Gasteiger partial charge on any atom is -0.497 e. The Morgan fingerprint density at radius 2 is 2.15 bits per heavy atom. The molecule has 0 fully saturated rings. The summed E-state index contributed by atoms with van der Waals surface area (Å²) in [5.41, 5.74) is 3.57. The van der Waals surface area contributed by atoms with Crippen molar-refractivity contribution in [1.82, 2.24) is 10.3 Å². The molecule has 1 unspecified atom stereocenters. The molecule has 0 aliphatic heterocycles. The number of nitrogens with one attached hydrogen (secondary N) is 2. The van der Waals surface area contributed by atoms with E-state index in [1.54, 1.807) is 24.2 Å². The van der Waals surface area contributed by atoms with Crippen LogP contribution in [0.5, 0.6) is 0 Å². The van der Waals surface area contributed by atoms with Crippen LogP contribution in [0.25, 0.3) is 10.9 Å². The van der Waals surface area contributed by atoms with E-state index in [1.807, 2.05) is 13.8 Å². The molecule has 3 rings (SSSR count). The van der Waals surface area contributed by atoms with E-state index in [1.165, 1.54) is 19.3 Å². The number of aromatic nitrogens is 1. The molecule has 2 N–H and O–H groups in total. The van der Waals surface area contributed by atoms with Gasteiger partial charge in [0.05, 0.1) is 24.1 Å². The summed E-state index contributed by atoms with van der Waals surface area (Å²) in [7, 11) is 1.49. The lowest BCUT2D eigenvalue weighted by Crippen LogP contribution is -2.33. The molecular formula is C21H21FN2O3. The van der Waals surface area contributed by atoms with Crippen molar-refractivity contribution in [2.75, 3.05) is 13.7 Å². The molecule has 1 aliphatic carbocycles. The number of hydrogen-bond acceptors (Lipinski definition) is 3. The third-order valence-corrected chi connectivity index (χ3v) is 4.83. The maximum Gasteiger partial charge on any atom is 0.232 e. The number of carbonyl (C=O) groups excluding carboxylic acids is 2. The molecule has 2 aromatic rings. The van der Waals surface area contributed by atoms with Gasteiger partial charge < -0.3 is 15.0 Å². The zero-order valence-electron chi connectivity index (χ0n) is 15.5. The van der Waals surface area contributed by atoms with Crippen molar-refractivity contribution in [3.8, 4) is 0 Å². The van der Waals surface area contributed by atoms with Gasteiger partial charge in [0.1, 0.15) is 17.5 Å². The monoisotopic (exact) mass is 368 g/mol. The van der Waals surface area contributed by atoms with E-state index in [4.69, 9.17) is 4.74 Å². The van der Waals surface area contributed by atoms with Gasteiger partial charge in [-0.15, -0.1) is 0 Å². The molecule has 1 aromatic heterocycles. The summed E-state index contributed by atoms with van der Waals surface area (Å²) >= 11 is 0. The number of aromatic amines is 1. The Bertz CT molecular complexity index is 1010. The fourth-order valence-electron chi connectivity index (χ4n) is 3.41. The van der Waals surface area contributed by atoms with Crippen molar-refractivity contribution >= 4 is 22.8 Å². The highest BCUT2D eigenvalue weighted by Gasteiger charge is 2.23. The van der Waals surface area contributed by atoms with Crippen LogP contribution >= 0.6 is 0 Å². The Morgan fingerprint density at radius 3 is 2.85 bits per heavy atom. The van der Waals surface area contributed by atoms with Gasteiger partial charge in [-0.25, -0.2) is 9.18 Å². The van der Waals surface area contributed by atoms with E-state index in [0.717, 1.165) is 22.2 Å². The number of allylic oxidation sites excluding steroid dienone is 2. The van der Waals surface area contributed by atoms with E-state index in [0.29, 0.717) is 24.2 Å². The van der Waals surface area contributed by atoms with Gasteiger partial charge in [-0.05, 0) is 49.6 Å². The molecular weight excluding hydrogens is 347 g/mol. The van der Waals surface area contributed by atoms with Crippen LogP contribution in [0, 0.1) is 25.6 Å². The van der Waals surface area contributed by atoms with Crippen LogP contribution in [0.4, 0.5) is 4.39 Å². The zero-order chi connectivity index (χ0) is 19.6. The first kappa shape index (κ1) is 18.7. The molecule has 140 valence electrons. The highest BCUT2D eigenvalue weighted by atomic mass is 19.1. The molecule has 1 aliphatic rings. The predicted octanol–water partition coefficient (Wildman–Crippen LogP) is 3.06. The lowest BCUT2D eigenvalue weighted by molar-refractivity contribution is -0.122. The Hall–Kier alpha value is -3.11. The molecule has 0 radical (unpaired) electrons. The van der Waals surface area contributed by atoms with Crippen molar-refractivity contribution in [1.29, 1.82) is 0 Å². The van der Waals surface area contributed by atoms with Crippen molar-refractivity contribution in [3.05, 3.63) is 64.3 Å². The van der Waals surface area contributed by atoms with Crippen LogP contribution in [-0.4, -0.2) is 30.5 Å². The fraction of sp³-hybridized carbons (Fsp3) is 0.286. The van der Waals surface area contributed by atoms with Crippen molar-refractivity contribution in [2.24, 2.45) is 5.92 Å². The van der Waals surface area contributed by atoms with Crippen LogP contribution in [-0.2, 0) is 20.7 Å². The van der Waals surface area contributed by atoms with E-state index in [-0.39, 0.29) is 17.3 Å². The molecule has 5 nitrogen and oxygen atoms in total. The van der Waals surface area contributed by atoms with Crippen LogP contribution in [0.2, 0.25) is 0 Å². The molecule has 1 atom stereocenters. The van der Waals surface area contributed by atoms with Gasteiger partial charge in [-0.3, -0.25) is 4.79 Å². The standard InChI is InChI=1S/C21H21FN2O3/c1-12-4-7-18(22)20-19(12)16(13(2)24-20)8-9-23-21(26)17-6-5-15(27-3)10-14(17)11-25/h4-7,10,17,24H,8-9H2,1-3H3,(H,23,26). The molecule has 1 aromatic carbocycles. The summed E-state index contributed by atoms with van der Waals surface area (Å²) in [5.74, 6) is 1.05. The van der Waals surface area contributed by atoms with Crippen molar-refractivity contribution < 1.29 is 18.7 Å². The SMILES string of the molecule is COC1=CC(=C=O)C(C(=O)NCCc2c(C)[nH]c3c(F)ccc(C)c23)C=C1. The number of amides is 1. The number of methoxy groups -OCH3 is 1. The highest BCUT2D eigenvalue weighted by molar-refractivity contribution is 5.89. The topological polar surface area (TPSA) is 71.2 Å². The lowest BCUT2D eigenvalue weighted by atomic mass is 9.94. The molecule has 1 amide bonds. The lowest BCUT2D eigenvalue weighted by Gasteiger charge is -2.16. The first-order chi connectivity index (χ1) is 13.0. The average molecular weight is 368 g/mol. The third kappa shape index (κ3) is 3.57. The predicted molar refractivity (Wildman–Crippen MR) is 101 cm³/mol. The number of rotatable bonds is 5. The summed E-state index contributed by atoms with van der Waals surface area (Å²) in [6.45, 7) is 4.20. The van der Waals surface area contributed by atoms with Crippen LogP contribution < -0.4 is 5.32 Å². The quantitative estimate of drug-likeness (QED) is 0.797. The minimum atomic E-state index is -0.690. The second-order valence-corrected chi connectivity index (χ2v) is 6.53. The molecule has 0 saturated heterocycles. The van der Waals surface area contributed by atoms with Crippen molar-refractivity contribution in [2.45, 2.75) is 20.3 Å². The van der Waals surface area contributed by atoms with E-state index in [2.05, 4.69) is 10.3 Å². The minimum absolute atomic E-state index is 0.230. The van der Waals surface area contributed by atoms with Gasteiger partial charge in [-0.2, -0.15) is 0 Å². The van der Waals surface area contributed by atoms with Crippen molar-refractivity contribution in [3.63, 3.8) is 0 Å². The zero-order valence-corrected chi connectivity index (χ0v) is 15.5. The molecule has 0 bridgehead atoms. The molecule has 1 heterocycles. The number of halogens is 1. The molecule has 6 heteroatoms. The van der Waals surface area contributed by atoms with Crippen LogP contribution in [0.15, 0.2) is 41.7 Å². The molecule has 0 spiro atoms. The highest BCUT2D eigenvalue weighted by Crippen LogP contribution is 2.28. The number of fused-ring (bicyclic) bond motifs is 1. The summed E-state index contributed by atoms with van der Waals surface area (Å²) < 4.78 is 19.1. The van der Waals surface area contributed by atoms with Gasteiger partial charge in [0, 0.05) is 17.6 Å². The maximum atomic E-state index is 14.0. The Balaban J connectivity index is 1.72. The Kier molecular flexibility index (Phi) is 5.28. The third-order valence-electron chi connectivity index (χ3n) is 4.83. The van der Waals surface area contributed by atoms with E-state index < -0.39 is 5.92 Å². The normalized spacial score (nSPS) is 16.2. The molecule has 0 saturated carbocycles. The van der Waals surface area contributed by atoms with Gasteiger partial charge in [0.2, 0.25) is 5.91 Å². The first-order valence-electron chi connectivity index (χ1n) is 8.69. The summed E-state index contributed by atoms with van der Waals surface area (Å²) in [5, 5.41) is 3.71. The second-order valence-electron chi connectivity index (χ2n) is 6.53. The number of aryl methyl sites for hydroxylation is 2. The number of H-pyrrole nitrogens is 1. The number of benzene rings is 1. The maximum absolute atomic E-state index is 14.0. The number of carbonyl (C=O) groups is 1. The number of hydrogen-bond donors (Lipinski definition) is 2. The Labute approximate surface area is 156 Å². The average Bonchev–Trinajstić information content (AvgIpc) is 3.01. The summed E-state index contributed by atoms with van der Waals surface area (Å²) in [6.07, 6.45) is 5.33. The Morgan fingerprint density at radius 1 is 1.37 bits per heavy atom. The van der Waals surface area contributed by atoms with E-state index >= 15 is 0 Å². The van der Waals surface area contributed by atoms with E-state index in [9.17, 15) is 14.0 Å². The van der Waals surface area contributed by atoms with Gasteiger partial charge in [0.25, 0.3) is 0 Å². The summed E-state index contributed by atoms with van der Waals surface area (Å²) in [4.78, 5) is 26.7. The van der Waals surface area contributed by atoms with Gasteiger partial charge in [0.15, 0.2) is 0 Å². The molecule has 27 heavy (non-hydrogen) atoms. The van der Waals surface area contributed by atoms with Crippen LogP contribution in [0.1, 0.15) is 16.8 Å². The van der Waals surface area contributed by atoms with Gasteiger partial charge >= 0.3 is 0 Å². The largest absolute Gasteiger partial charge is 0.497 e.